The number of hydrogen-bond donors (Lipinski definition) is 0. The zero-order valence-electron chi connectivity index (χ0n) is 18.1. The fraction of sp³-hybridized carbons (Fsp3) is 0.769. The highest BCUT2D eigenvalue weighted by molar-refractivity contribution is 5.19. The fourth-order valence-electron chi connectivity index (χ4n) is 4.34. The van der Waals surface area contributed by atoms with E-state index in [1.807, 2.05) is 0 Å². The Kier molecular flexibility index (Phi) is 14.7. The quantitative estimate of drug-likeness (QED) is 0.244. The van der Waals surface area contributed by atoms with Crippen LogP contribution in [0.4, 0.5) is 0 Å². The minimum absolute atomic E-state index is 0.729. The Morgan fingerprint density at radius 1 is 0.654 bits per heavy atom. The van der Waals surface area contributed by atoms with Crippen molar-refractivity contribution >= 4 is 0 Å². The summed E-state index contributed by atoms with van der Waals surface area (Å²) in [5.74, 6) is 1.58. The Hall–Kier alpha value is -0.780. The van der Waals surface area contributed by atoms with Gasteiger partial charge in [-0.15, -0.1) is 0 Å². The lowest BCUT2D eigenvalue weighted by Crippen LogP contribution is -2.14. The predicted molar refractivity (Wildman–Crippen MR) is 118 cm³/mol. The van der Waals surface area contributed by atoms with Gasteiger partial charge in [-0.05, 0) is 36.3 Å². The van der Waals surface area contributed by atoms with E-state index < -0.39 is 0 Å². The van der Waals surface area contributed by atoms with Gasteiger partial charge in [-0.1, -0.05) is 129 Å². The molecule has 2 unspecified atom stereocenters. The first kappa shape index (κ1) is 23.3. The highest BCUT2D eigenvalue weighted by Gasteiger charge is 2.21. The average molecular weight is 358 g/mol. The van der Waals surface area contributed by atoms with Crippen molar-refractivity contribution < 1.29 is 0 Å². The van der Waals surface area contributed by atoms with Gasteiger partial charge in [-0.25, -0.2) is 0 Å². The molecule has 2 atom stereocenters. The molecule has 0 heteroatoms. The second-order valence-electron chi connectivity index (χ2n) is 8.23. The van der Waals surface area contributed by atoms with Crippen molar-refractivity contribution in [2.45, 2.75) is 123 Å². The smallest absolute Gasteiger partial charge is 0.0127 e. The van der Waals surface area contributed by atoms with Gasteiger partial charge in [0.05, 0.1) is 0 Å². The van der Waals surface area contributed by atoms with Gasteiger partial charge >= 0.3 is 0 Å². The number of rotatable bonds is 17. The van der Waals surface area contributed by atoms with E-state index in [2.05, 4.69) is 51.1 Å². The maximum Gasteiger partial charge on any atom is -0.0127 e. The van der Waals surface area contributed by atoms with Gasteiger partial charge in [-0.3, -0.25) is 0 Å². The molecule has 0 aliphatic rings. The van der Waals surface area contributed by atoms with Gasteiger partial charge in [0.15, 0.2) is 0 Å². The molecule has 0 nitrogen and oxygen atoms in total. The van der Waals surface area contributed by atoms with E-state index in [1.165, 1.54) is 102 Å². The standard InChI is InChI=1S/C26H45/c1-4-7-9-10-11-12-13-14-18-23-26(25-21-16-15-17-22-25)24(19-6-3)20-8-5-2/h15-17,21,24,26H,4-14,18-20,23H2,1-3H3. The van der Waals surface area contributed by atoms with Crippen LogP contribution in [-0.2, 0) is 0 Å². The zero-order valence-corrected chi connectivity index (χ0v) is 18.1. The van der Waals surface area contributed by atoms with E-state index in [9.17, 15) is 0 Å². The van der Waals surface area contributed by atoms with Crippen LogP contribution >= 0.6 is 0 Å². The third-order valence-electron chi connectivity index (χ3n) is 5.91. The molecule has 0 saturated heterocycles. The van der Waals surface area contributed by atoms with Crippen molar-refractivity contribution in [2.24, 2.45) is 5.92 Å². The van der Waals surface area contributed by atoms with Crippen molar-refractivity contribution in [1.29, 1.82) is 0 Å². The lowest BCUT2D eigenvalue weighted by molar-refractivity contribution is 0.333. The molecule has 26 heavy (non-hydrogen) atoms. The molecule has 0 N–H and O–H groups in total. The molecular formula is C26H45. The Morgan fingerprint density at radius 3 is 1.88 bits per heavy atom. The summed E-state index contributed by atoms with van der Waals surface area (Å²) in [5, 5.41) is 0. The summed E-state index contributed by atoms with van der Waals surface area (Å²) in [4.78, 5) is 0. The minimum Gasteiger partial charge on any atom is -0.0654 e. The van der Waals surface area contributed by atoms with E-state index in [0.717, 1.165) is 11.8 Å². The molecule has 1 aromatic rings. The van der Waals surface area contributed by atoms with Crippen LogP contribution in [0, 0.1) is 12.0 Å². The molecule has 1 rings (SSSR count). The second kappa shape index (κ2) is 16.4. The number of hydrogen-bond acceptors (Lipinski definition) is 0. The summed E-state index contributed by atoms with van der Waals surface area (Å²) in [6.45, 7) is 6.98. The summed E-state index contributed by atoms with van der Waals surface area (Å²) < 4.78 is 0. The third-order valence-corrected chi connectivity index (χ3v) is 5.91. The third kappa shape index (κ3) is 10.4. The van der Waals surface area contributed by atoms with Crippen LogP contribution < -0.4 is 0 Å². The van der Waals surface area contributed by atoms with Crippen LogP contribution in [0.1, 0.15) is 129 Å². The van der Waals surface area contributed by atoms with Gasteiger partial charge in [-0.2, -0.15) is 0 Å². The minimum atomic E-state index is 0.729. The van der Waals surface area contributed by atoms with Crippen LogP contribution in [0.5, 0.6) is 0 Å². The monoisotopic (exact) mass is 357 g/mol. The zero-order chi connectivity index (χ0) is 18.9. The van der Waals surface area contributed by atoms with Crippen LogP contribution in [-0.4, -0.2) is 0 Å². The second-order valence-corrected chi connectivity index (χ2v) is 8.23. The largest absolute Gasteiger partial charge is 0.0654 e. The highest BCUT2D eigenvalue weighted by atomic mass is 14.3. The predicted octanol–water partition coefficient (Wildman–Crippen LogP) is 9.10. The molecule has 149 valence electrons. The van der Waals surface area contributed by atoms with Gasteiger partial charge in [0, 0.05) is 0 Å². The lowest BCUT2D eigenvalue weighted by atomic mass is 9.77. The SMILES string of the molecule is CCCCCCCCCCCC(c1[c]cccc1)C(CCC)CCCC. The fourth-order valence-corrected chi connectivity index (χ4v) is 4.34. The van der Waals surface area contributed by atoms with E-state index in [4.69, 9.17) is 0 Å². The first-order valence-electron chi connectivity index (χ1n) is 11.8. The van der Waals surface area contributed by atoms with Crippen molar-refractivity contribution in [3.8, 4) is 0 Å². The van der Waals surface area contributed by atoms with Gasteiger partial charge in [0.2, 0.25) is 0 Å². The maximum atomic E-state index is 3.56. The van der Waals surface area contributed by atoms with E-state index in [0.29, 0.717) is 0 Å². The normalized spacial score (nSPS) is 13.7. The van der Waals surface area contributed by atoms with E-state index in [1.54, 1.807) is 0 Å². The molecule has 0 spiro atoms. The Labute approximate surface area is 165 Å². The molecular weight excluding hydrogens is 312 g/mol. The van der Waals surface area contributed by atoms with Crippen molar-refractivity contribution in [1.82, 2.24) is 0 Å². The molecule has 1 aromatic carbocycles. The Morgan fingerprint density at radius 2 is 1.31 bits per heavy atom. The first-order valence-corrected chi connectivity index (χ1v) is 11.8. The molecule has 0 aromatic heterocycles. The molecule has 0 aliphatic carbocycles. The van der Waals surface area contributed by atoms with Crippen molar-refractivity contribution in [3.05, 3.63) is 35.9 Å². The Balaban J connectivity index is 2.42. The van der Waals surface area contributed by atoms with Crippen molar-refractivity contribution in [3.63, 3.8) is 0 Å². The number of unbranched alkanes of at least 4 members (excludes halogenated alkanes) is 9. The molecule has 0 heterocycles. The van der Waals surface area contributed by atoms with E-state index in [-0.39, 0.29) is 0 Å². The van der Waals surface area contributed by atoms with Gasteiger partial charge in [0.25, 0.3) is 0 Å². The summed E-state index contributed by atoms with van der Waals surface area (Å²) >= 11 is 0. The topological polar surface area (TPSA) is 0 Å². The summed E-state index contributed by atoms with van der Waals surface area (Å²) in [7, 11) is 0. The molecule has 0 bridgehead atoms. The first-order chi connectivity index (χ1) is 12.8. The number of benzene rings is 1. The average Bonchev–Trinajstić information content (AvgIpc) is 2.68. The molecule has 0 fully saturated rings. The summed E-state index contributed by atoms with van der Waals surface area (Å²) in [5.41, 5.74) is 1.47. The molecule has 1 radical (unpaired) electrons. The molecule has 0 aliphatic heterocycles. The van der Waals surface area contributed by atoms with Crippen LogP contribution in [0.3, 0.4) is 0 Å². The molecule has 0 amide bonds. The van der Waals surface area contributed by atoms with E-state index >= 15 is 0 Å². The molecule has 0 saturated carbocycles. The van der Waals surface area contributed by atoms with Crippen LogP contribution in [0.15, 0.2) is 24.3 Å². The maximum absolute atomic E-state index is 3.56. The summed E-state index contributed by atoms with van der Waals surface area (Å²) in [6.07, 6.45) is 21.0. The van der Waals surface area contributed by atoms with Crippen molar-refractivity contribution in [2.75, 3.05) is 0 Å². The Bertz CT molecular complexity index is 394. The van der Waals surface area contributed by atoms with Crippen LogP contribution in [0.2, 0.25) is 0 Å². The van der Waals surface area contributed by atoms with Gasteiger partial charge < -0.3 is 0 Å². The lowest BCUT2D eigenvalue weighted by Gasteiger charge is -2.27. The van der Waals surface area contributed by atoms with Gasteiger partial charge in [0.1, 0.15) is 0 Å². The van der Waals surface area contributed by atoms with Crippen LogP contribution in [0.25, 0.3) is 0 Å². The summed E-state index contributed by atoms with van der Waals surface area (Å²) in [6, 6.07) is 12.3. The highest BCUT2D eigenvalue weighted by Crippen LogP contribution is 2.36.